The second-order valence-electron chi connectivity index (χ2n) is 4.08. The molecular formula is C12H11F2N3O2. The van der Waals surface area contributed by atoms with Gasteiger partial charge in [-0.3, -0.25) is 9.89 Å². The zero-order valence-electron chi connectivity index (χ0n) is 9.73. The molecule has 1 atom stereocenters. The first-order valence-corrected chi connectivity index (χ1v) is 5.44. The molecule has 0 amide bonds. The van der Waals surface area contributed by atoms with Gasteiger partial charge in [0.2, 0.25) is 0 Å². The van der Waals surface area contributed by atoms with Crippen molar-refractivity contribution >= 4 is 5.97 Å². The van der Waals surface area contributed by atoms with Gasteiger partial charge in [0.05, 0.1) is 11.9 Å². The van der Waals surface area contributed by atoms with E-state index in [1.807, 2.05) is 0 Å². The highest BCUT2D eigenvalue weighted by molar-refractivity contribution is 5.74. The van der Waals surface area contributed by atoms with Crippen molar-refractivity contribution < 1.29 is 18.7 Å². The lowest BCUT2D eigenvalue weighted by Crippen LogP contribution is -2.32. The number of nitrogens with one attached hydrogen (secondary N) is 1. The summed E-state index contributed by atoms with van der Waals surface area (Å²) in [6, 6.07) is 1.91. The molecule has 0 fully saturated rings. The second-order valence-corrected chi connectivity index (χ2v) is 4.08. The molecule has 0 saturated heterocycles. The Morgan fingerprint density at radius 3 is 2.58 bits per heavy atom. The molecule has 1 heterocycles. The number of nitrogens with zero attached hydrogens (tertiary/aromatic N) is 1. The monoisotopic (exact) mass is 267 g/mol. The van der Waals surface area contributed by atoms with Gasteiger partial charge in [0, 0.05) is 18.1 Å². The fourth-order valence-corrected chi connectivity index (χ4v) is 1.74. The van der Waals surface area contributed by atoms with Crippen LogP contribution in [0.5, 0.6) is 0 Å². The zero-order valence-corrected chi connectivity index (χ0v) is 9.73. The van der Waals surface area contributed by atoms with Gasteiger partial charge in [-0.1, -0.05) is 0 Å². The van der Waals surface area contributed by atoms with E-state index in [1.54, 1.807) is 0 Å². The summed E-state index contributed by atoms with van der Waals surface area (Å²) in [6.45, 7) is 0. The van der Waals surface area contributed by atoms with Crippen molar-refractivity contribution in [2.45, 2.75) is 12.5 Å². The molecule has 7 heteroatoms. The molecule has 0 aliphatic heterocycles. The number of carboxylic acids is 1. The molecule has 1 aromatic heterocycles. The Kier molecular flexibility index (Phi) is 3.57. The van der Waals surface area contributed by atoms with Crippen molar-refractivity contribution in [1.29, 1.82) is 0 Å². The minimum absolute atomic E-state index is 0.0132. The Morgan fingerprint density at radius 1 is 1.37 bits per heavy atom. The Morgan fingerprint density at radius 2 is 2.00 bits per heavy atom. The number of aromatic amines is 1. The minimum Gasteiger partial charge on any atom is -0.480 e. The molecule has 0 spiro atoms. The molecular weight excluding hydrogens is 256 g/mol. The topological polar surface area (TPSA) is 92.0 Å². The van der Waals surface area contributed by atoms with Crippen molar-refractivity contribution in [3.05, 3.63) is 41.6 Å². The van der Waals surface area contributed by atoms with Crippen LogP contribution in [0.3, 0.4) is 0 Å². The van der Waals surface area contributed by atoms with Gasteiger partial charge in [0.15, 0.2) is 0 Å². The number of nitrogens with two attached hydrogens (primary N) is 1. The van der Waals surface area contributed by atoms with Gasteiger partial charge in [-0.25, -0.2) is 8.78 Å². The molecule has 2 aromatic rings. The lowest BCUT2D eigenvalue weighted by molar-refractivity contribution is -0.138. The third-order valence-corrected chi connectivity index (χ3v) is 2.63. The summed E-state index contributed by atoms with van der Waals surface area (Å²) in [5, 5.41) is 15.1. The Balaban J connectivity index is 2.36. The Hall–Kier alpha value is -2.28. The average Bonchev–Trinajstić information content (AvgIpc) is 2.75. The number of carbonyl (C=O) groups is 1. The summed E-state index contributed by atoms with van der Waals surface area (Å²) in [4.78, 5) is 10.7. The number of hydrogen-bond donors (Lipinski definition) is 3. The van der Waals surface area contributed by atoms with E-state index in [9.17, 15) is 13.6 Å². The van der Waals surface area contributed by atoms with Gasteiger partial charge in [0.1, 0.15) is 17.7 Å². The van der Waals surface area contributed by atoms with E-state index in [4.69, 9.17) is 10.8 Å². The molecule has 1 aromatic carbocycles. The van der Waals surface area contributed by atoms with Crippen LogP contribution in [0, 0.1) is 11.6 Å². The van der Waals surface area contributed by atoms with Gasteiger partial charge < -0.3 is 10.8 Å². The summed E-state index contributed by atoms with van der Waals surface area (Å²) in [5.41, 5.74) is 6.52. The lowest BCUT2D eigenvalue weighted by Gasteiger charge is -2.07. The fraction of sp³-hybridized carbons (Fsp3) is 0.167. The van der Waals surface area contributed by atoms with Crippen LogP contribution < -0.4 is 5.73 Å². The molecule has 4 N–H and O–H groups in total. The highest BCUT2D eigenvalue weighted by Crippen LogP contribution is 2.23. The first kappa shape index (κ1) is 13.2. The van der Waals surface area contributed by atoms with E-state index in [2.05, 4.69) is 10.2 Å². The van der Waals surface area contributed by atoms with Crippen LogP contribution in [-0.2, 0) is 11.2 Å². The van der Waals surface area contributed by atoms with Gasteiger partial charge in [-0.15, -0.1) is 0 Å². The largest absolute Gasteiger partial charge is 0.480 e. The van der Waals surface area contributed by atoms with E-state index < -0.39 is 23.6 Å². The van der Waals surface area contributed by atoms with Crippen LogP contribution in [0.4, 0.5) is 8.78 Å². The molecule has 0 radical (unpaired) electrons. The normalized spacial score (nSPS) is 12.4. The number of aliphatic carboxylic acids is 1. The van der Waals surface area contributed by atoms with Crippen LogP contribution in [-0.4, -0.2) is 27.3 Å². The third-order valence-electron chi connectivity index (χ3n) is 2.63. The molecule has 5 nitrogen and oxygen atoms in total. The minimum atomic E-state index is -1.16. The predicted octanol–water partition coefficient (Wildman–Crippen LogP) is 1.31. The van der Waals surface area contributed by atoms with Crippen molar-refractivity contribution in [2.24, 2.45) is 5.73 Å². The highest BCUT2D eigenvalue weighted by Gasteiger charge is 2.17. The standard InChI is InChI=1S/C12H11F2N3O2/c13-8-1-6(2-9(14)4-8)11-7(5-16-17-11)3-10(15)12(18)19/h1-2,4-5,10H,3,15H2,(H,16,17)(H,18,19). The summed E-state index contributed by atoms with van der Waals surface area (Å²) in [5.74, 6) is -2.60. The van der Waals surface area contributed by atoms with E-state index in [-0.39, 0.29) is 12.0 Å². The van der Waals surface area contributed by atoms with Crippen LogP contribution in [0.2, 0.25) is 0 Å². The zero-order chi connectivity index (χ0) is 14.0. The number of H-pyrrole nitrogens is 1. The van der Waals surface area contributed by atoms with E-state index in [0.717, 1.165) is 18.2 Å². The second kappa shape index (κ2) is 5.15. The maximum atomic E-state index is 13.1. The number of aromatic nitrogens is 2. The number of rotatable bonds is 4. The smallest absolute Gasteiger partial charge is 0.320 e. The first-order chi connectivity index (χ1) is 8.97. The molecule has 0 bridgehead atoms. The summed E-state index contributed by atoms with van der Waals surface area (Å²) in [6.07, 6.45) is 1.40. The van der Waals surface area contributed by atoms with E-state index in [1.165, 1.54) is 6.20 Å². The van der Waals surface area contributed by atoms with Crippen LogP contribution in [0.15, 0.2) is 24.4 Å². The molecule has 100 valence electrons. The third kappa shape index (κ3) is 2.94. The number of carboxylic acid groups (broad SMARTS) is 1. The predicted molar refractivity (Wildman–Crippen MR) is 63.3 cm³/mol. The maximum Gasteiger partial charge on any atom is 0.320 e. The average molecular weight is 267 g/mol. The van der Waals surface area contributed by atoms with Gasteiger partial charge in [0.25, 0.3) is 0 Å². The Labute approximate surface area is 107 Å². The highest BCUT2D eigenvalue weighted by atomic mass is 19.1. The molecule has 0 aliphatic rings. The molecule has 19 heavy (non-hydrogen) atoms. The molecule has 2 rings (SSSR count). The maximum absolute atomic E-state index is 13.1. The number of halogens is 2. The quantitative estimate of drug-likeness (QED) is 0.778. The van der Waals surface area contributed by atoms with Crippen molar-refractivity contribution in [2.75, 3.05) is 0 Å². The van der Waals surface area contributed by atoms with Crippen molar-refractivity contribution in [1.82, 2.24) is 10.2 Å². The van der Waals surface area contributed by atoms with Crippen LogP contribution in [0.1, 0.15) is 5.56 Å². The van der Waals surface area contributed by atoms with Crippen LogP contribution in [0.25, 0.3) is 11.3 Å². The summed E-state index contributed by atoms with van der Waals surface area (Å²) < 4.78 is 26.3. The summed E-state index contributed by atoms with van der Waals surface area (Å²) >= 11 is 0. The molecule has 0 saturated carbocycles. The van der Waals surface area contributed by atoms with E-state index in [0.29, 0.717) is 11.3 Å². The van der Waals surface area contributed by atoms with Crippen molar-refractivity contribution in [3.8, 4) is 11.3 Å². The summed E-state index contributed by atoms with van der Waals surface area (Å²) in [7, 11) is 0. The van der Waals surface area contributed by atoms with Crippen LogP contribution >= 0.6 is 0 Å². The molecule has 0 aliphatic carbocycles. The van der Waals surface area contributed by atoms with Gasteiger partial charge >= 0.3 is 5.97 Å². The SMILES string of the molecule is NC(Cc1cn[nH]c1-c1cc(F)cc(F)c1)C(=O)O. The lowest BCUT2D eigenvalue weighted by atomic mass is 10.0. The number of benzene rings is 1. The molecule has 1 unspecified atom stereocenters. The Bertz CT molecular complexity index is 593. The van der Waals surface area contributed by atoms with E-state index >= 15 is 0 Å². The van der Waals surface area contributed by atoms with Crippen molar-refractivity contribution in [3.63, 3.8) is 0 Å². The first-order valence-electron chi connectivity index (χ1n) is 5.44. The fourth-order valence-electron chi connectivity index (χ4n) is 1.74. The number of hydrogen-bond acceptors (Lipinski definition) is 3. The van der Waals surface area contributed by atoms with Gasteiger partial charge in [-0.05, 0) is 17.7 Å². The van der Waals surface area contributed by atoms with Gasteiger partial charge in [-0.2, -0.15) is 5.10 Å².